The number of fused-ring (bicyclic) bond motifs is 1. The van der Waals surface area contributed by atoms with Gasteiger partial charge in [0.2, 0.25) is 0 Å². The molecule has 18 heavy (non-hydrogen) atoms. The molecule has 0 radical (unpaired) electrons. The van der Waals surface area contributed by atoms with E-state index in [1.807, 2.05) is 12.1 Å². The van der Waals surface area contributed by atoms with Gasteiger partial charge in [0.15, 0.2) is 0 Å². The van der Waals surface area contributed by atoms with Gasteiger partial charge in [-0.1, -0.05) is 19.3 Å². The molecule has 0 spiro atoms. The van der Waals surface area contributed by atoms with Crippen LogP contribution in [0.3, 0.4) is 0 Å². The third kappa shape index (κ3) is 2.20. The van der Waals surface area contributed by atoms with Crippen LogP contribution in [0.2, 0.25) is 0 Å². The first-order valence-electron chi connectivity index (χ1n) is 6.91. The summed E-state index contributed by atoms with van der Waals surface area (Å²) >= 11 is 0. The van der Waals surface area contributed by atoms with E-state index >= 15 is 0 Å². The highest BCUT2D eigenvalue weighted by atomic mass is 16.1. The molecule has 1 aliphatic rings. The molecule has 2 nitrogen and oxygen atoms in total. The quantitative estimate of drug-likeness (QED) is 0.743. The number of carbonyl (C=O) groups excluding carboxylic acids is 1. The first-order valence-corrected chi connectivity index (χ1v) is 6.91. The van der Waals surface area contributed by atoms with Crippen molar-refractivity contribution in [1.82, 2.24) is 4.57 Å². The fraction of sp³-hybridized carbons (Fsp3) is 0.438. The fourth-order valence-corrected chi connectivity index (χ4v) is 3.10. The topological polar surface area (TPSA) is 22.0 Å². The number of benzene rings is 1. The van der Waals surface area contributed by atoms with Gasteiger partial charge in [-0.3, -0.25) is 4.79 Å². The van der Waals surface area contributed by atoms with Crippen LogP contribution in [0.4, 0.5) is 0 Å². The van der Waals surface area contributed by atoms with Gasteiger partial charge in [0.1, 0.15) is 6.29 Å². The highest BCUT2D eigenvalue weighted by molar-refractivity contribution is 5.87. The molecule has 2 heteroatoms. The Morgan fingerprint density at radius 1 is 1.17 bits per heavy atom. The number of nitrogens with zero attached hydrogens (tertiary/aromatic N) is 1. The molecule has 94 valence electrons. The predicted molar refractivity (Wildman–Crippen MR) is 73.9 cm³/mol. The van der Waals surface area contributed by atoms with Gasteiger partial charge in [-0.05, 0) is 43.0 Å². The van der Waals surface area contributed by atoms with Crippen molar-refractivity contribution in [2.24, 2.45) is 5.92 Å². The van der Waals surface area contributed by atoms with Gasteiger partial charge in [-0.25, -0.2) is 0 Å². The Morgan fingerprint density at radius 3 is 2.78 bits per heavy atom. The zero-order valence-electron chi connectivity index (χ0n) is 10.6. The van der Waals surface area contributed by atoms with Crippen molar-refractivity contribution in [3.63, 3.8) is 0 Å². The van der Waals surface area contributed by atoms with Crippen LogP contribution in [0.1, 0.15) is 42.5 Å². The van der Waals surface area contributed by atoms with Gasteiger partial charge in [-0.15, -0.1) is 0 Å². The summed E-state index contributed by atoms with van der Waals surface area (Å²) in [7, 11) is 0. The van der Waals surface area contributed by atoms with Crippen LogP contribution in [-0.2, 0) is 6.54 Å². The Hall–Kier alpha value is -1.57. The molecule has 0 atom stereocenters. The number of rotatable bonds is 3. The maximum atomic E-state index is 10.8. The summed E-state index contributed by atoms with van der Waals surface area (Å²) in [6.07, 6.45) is 9.99. The Morgan fingerprint density at radius 2 is 2.00 bits per heavy atom. The predicted octanol–water partition coefficient (Wildman–Crippen LogP) is 4.03. The second-order valence-corrected chi connectivity index (χ2v) is 5.41. The van der Waals surface area contributed by atoms with E-state index < -0.39 is 0 Å². The minimum Gasteiger partial charge on any atom is -0.347 e. The lowest BCUT2D eigenvalue weighted by atomic mass is 9.89. The molecule has 1 aromatic carbocycles. The summed E-state index contributed by atoms with van der Waals surface area (Å²) in [5, 5.41) is 1.18. The molecule has 0 amide bonds. The molecule has 0 unspecified atom stereocenters. The summed E-state index contributed by atoms with van der Waals surface area (Å²) in [6.45, 7) is 1.13. The molecular formula is C16H19NO. The van der Waals surface area contributed by atoms with Crippen molar-refractivity contribution in [3.8, 4) is 0 Å². The van der Waals surface area contributed by atoms with Crippen molar-refractivity contribution in [1.29, 1.82) is 0 Å². The van der Waals surface area contributed by atoms with Crippen LogP contribution in [-0.4, -0.2) is 10.9 Å². The number of hydrogen-bond donors (Lipinski definition) is 0. The zero-order valence-corrected chi connectivity index (χ0v) is 10.6. The van der Waals surface area contributed by atoms with Crippen molar-refractivity contribution in [2.45, 2.75) is 38.6 Å². The van der Waals surface area contributed by atoms with Crippen LogP contribution in [0.25, 0.3) is 10.9 Å². The van der Waals surface area contributed by atoms with E-state index in [1.54, 1.807) is 0 Å². The standard InChI is InChI=1S/C16H19NO/c18-12-14-6-7-16-15(10-14)8-9-17(16)11-13-4-2-1-3-5-13/h6-10,12-13H,1-5,11H2. The third-order valence-electron chi connectivity index (χ3n) is 4.11. The summed E-state index contributed by atoms with van der Waals surface area (Å²) in [6, 6.07) is 8.07. The number of aromatic nitrogens is 1. The second-order valence-electron chi connectivity index (χ2n) is 5.41. The Balaban J connectivity index is 1.85. The SMILES string of the molecule is O=Cc1ccc2c(ccn2CC2CCCCC2)c1. The van der Waals surface area contributed by atoms with E-state index in [0.717, 1.165) is 24.3 Å². The lowest BCUT2D eigenvalue weighted by Gasteiger charge is -2.22. The van der Waals surface area contributed by atoms with Gasteiger partial charge in [-0.2, -0.15) is 0 Å². The van der Waals surface area contributed by atoms with E-state index in [9.17, 15) is 4.79 Å². The van der Waals surface area contributed by atoms with Crippen molar-refractivity contribution in [3.05, 3.63) is 36.0 Å². The first kappa shape index (κ1) is 11.5. The molecule has 0 bridgehead atoms. The highest BCUT2D eigenvalue weighted by Crippen LogP contribution is 2.27. The van der Waals surface area contributed by atoms with Gasteiger partial charge in [0.25, 0.3) is 0 Å². The van der Waals surface area contributed by atoms with Gasteiger partial charge in [0, 0.05) is 29.2 Å². The highest BCUT2D eigenvalue weighted by Gasteiger charge is 2.14. The van der Waals surface area contributed by atoms with Crippen LogP contribution in [0, 0.1) is 5.92 Å². The van der Waals surface area contributed by atoms with Gasteiger partial charge >= 0.3 is 0 Å². The van der Waals surface area contributed by atoms with Crippen LogP contribution < -0.4 is 0 Å². The Labute approximate surface area is 108 Å². The normalized spacial score (nSPS) is 17.1. The third-order valence-corrected chi connectivity index (χ3v) is 4.11. The maximum Gasteiger partial charge on any atom is 0.150 e. The first-order chi connectivity index (χ1) is 8.86. The van der Waals surface area contributed by atoms with Crippen LogP contribution in [0.15, 0.2) is 30.5 Å². The van der Waals surface area contributed by atoms with Crippen molar-refractivity contribution in [2.75, 3.05) is 0 Å². The van der Waals surface area contributed by atoms with E-state index in [-0.39, 0.29) is 0 Å². The number of aldehydes is 1. The number of hydrogen-bond acceptors (Lipinski definition) is 1. The Bertz CT molecular complexity index is 549. The molecule has 1 saturated carbocycles. The van der Waals surface area contributed by atoms with Crippen molar-refractivity contribution >= 4 is 17.2 Å². The Kier molecular flexibility index (Phi) is 3.18. The fourth-order valence-electron chi connectivity index (χ4n) is 3.10. The monoisotopic (exact) mass is 241 g/mol. The molecule has 0 aliphatic heterocycles. The van der Waals surface area contributed by atoms with Gasteiger partial charge < -0.3 is 4.57 Å². The molecule has 1 aromatic heterocycles. The van der Waals surface area contributed by atoms with Crippen LogP contribution >= 0.6 is 0 Å². The summed E-state index contributed by atoms with van der Waals surface area (Å²) in [4.78, 5) is 10.8. The lowest BCUT2D eigenvalue weighted by molar-refractivity contribution is 0.112. The minimum absolute atomic E-state index is 0.762. The van der Waals surface area contributed by atoms with E-state index in [1.165, 1.54) is 43.0 Å². The average Bonchev–Trinajstić information content (AvgIpc) is 2.82. The smallest absolute Gasteiger partial charge is 0.150 e. The maximum absolute atomic E-state index is 10.8. The largest absolute Gasteiger partial charge is 0.347 e. The summed E-state index contributed by atoms with van der Waals surface area (Å²) in [5.74, 6) is 0.833. The second kappa shape index (κ2) is 4.97. The molecule has 1 aliphatic carbocycles. The summed E-state index contributed by atoms with van der Waals surface area (Å²) in [5.41, 5.74) is 2.02. The van der Waals surface area contributed by atoms with E-state index in [4.69, 9.17) is 0 Å². The van der Waals surface area contributed by atoms with Crippen LogP contribution in [0.5, 0.6) is 0 Å². The van der Waals surface area contributed by atoms with Gasteiger partial charge in [0.05, 0.1) is 0 Å². The molecule has 0 saturated heterocycles. The van der Waals surface area contributed by atoms with E-state index in [0.29, 0.717) is 0 Å². The molecule has 1 heterocycles. The minimum atomic E-state index is 0.762. The molecular weight excluding hydrogens is 222 g/mol. The molecule has 1 fully saturated rings. The molecule has 2 aromatic rings. The zero-order chi connectivity index (χ0) is 12.4. The average molecular weight is 241 g/mol. The lowest BCUT2D eigenvalue weighted by Crippen LogP contribution is -2.13. The molecule has 3 rings (SSSR count). The summed E-state index contributed by atoms with van der Waals surface area (Å²) < 4.78 is 2.35. The number of carbonyl (C=O) groups is 1. The molecule has 0 N–H and O–H groups in total. The van der Waals surface area contributed by atoms with Crippen molar-refractivity contribution < 1.29 is 4.79 Å². The van der Waals surface area contributed by atoms with E-state index in [2.05, 4.69) is 22.9 Å².